The zero-order chi connectivity index (χ0) is 18.4. The number of rotatable bonds is 20. The van der Waals surface area contributed by atoms with Gasteiger partial charge in [0.1, 0.15) is 6.61 Å². The molecule has 0 fully saturated rings. The molecule has 0 aliphatic carbocycles. The van der Waals surface area contributed by atoms with Gasteiger partial charge >= 0.3 is 5.97 Å². The topological polar surface area (TPSA) is 54.0 Å². The fourth-order valence-corrected chi connectivity index (χ4v) is 2.45. The van der Waals surface area contributed by atoms with Gasteiger partial charge in [0.05, 0.1) is 33.0 Å². The number of unbranched alkanes of at least 4 members (excludes halogenated alkanes) is 8. The smallest absolute Gasteiger partial charge is 0.305 e. The Hall–Kier alpha value is -0.650. The van der Waals surface area contributed by atoms with Crippen LogP contribution < -0.4 is 0 Å². The SMILES string of the molecule is CCCCCCCCCCCC(=O)OCCOCCOCCOCC. The Morgan fingerprint density at radius 2 is 1.08 bits per heavy atom. The van der Waals surface area contributed by atoms with Gasteiger partial charge in [-0.25, -0.2) is 0 Å². The van der Waals surface area contributed by atoms with Crippen molar-refractivity contribution in [2.45, 2.75) is 78.1 Å². The van der Waals surface area contributed by atoms with Crippen LogP contribution in [0, 0.1) is 0 Å². The van der Waals surface area contributed by atoms with Crippen molar-refractivity contribution in [2.24, 2.45) is 0 Å². The summed E-state index contributed by atoms with van der Waals surface area (Å²) in [6.45, 7) is 7.93. The summed E-state index contributed by atoms with van der Waals surface area (Å²) < 4.78 is 21.0. The van der Waals surface area contributed by atoms with Gasteiger partial charge in [0.25, 0.3) is 0 Å². The third-order valence-corrected chi connectivity index (χ3v) is 3.92. The van der Waals surface area contributed by atoms with Gasteiger partial charge in [0.15, 0.2) is 0 Å². The predicted octanol–water partition coefficient (Wildman–Crippen LogP) is 4.52. The molecule has 0 N–H and O–H groups in total. The van der Waals surface area contributed by atoms with Crippen LogP contribution in [0.2, 0.25) is 0 Å². The van der Waals surface area contributed by atoms with Crippen molar-refractivity contribution in [1.29, 1.82) is 0 Å². The van der Waals surface area contributed by atoms with Crippen LogP contribution in [-0.2, 0) is 23.7 Å². The van der Waals surface area contributed by atoms with E-state index in [1.54, 1.807) is 0 Å². The molecule has 5 heteroatoms. The van der Waals surface area contributed by atoms with E-state index in [0.717, 1.165) is 12.8 Å². The molecule has 0 atom stereocenters. The molecule has 0 spiro atoms. The summed E-state index contributed by atoms with van der Waals surface area (Å²) in [6, 6.07) is 0. The molecule has 0 aromatic carbocycles. The average Bonchev–Trinajstić information content (AvgIpc) is 2.62. The quantitative estimate of drug-likeness (QED) is 0.236. The number of carbonyl (C=O) groups is 1. The molecular formula is C20H40O5. The molecule has 0 amide bonds. The van der Waals surface area contributed by atoms with Crippen molar-refractivity contribution in [3.8, 4) is 0 Å². The maximum absolute atomic E-state index is 11.6. The standard InChI is InChI=1S/C20H40O5/c1-3-5-6-7-8-9-10-11-12-13-20(21)25-19-18-24-17-16-23-15-14-22-4-2/h3-19H2,1-2H3. The highest BCUT2D eigenvalue weighted by Gasteiger charge is 2.02. The maximum atomic E-state index is 11.6. The van der Waals surface area contributed by atoms with Crippen LogP contribution in [0.5, 0.6) is 0 Å². The van der Waals surface area contributed by atoms with Gasteiger partial charge in [0.2, 0.25) is 0 Å². The van der Waals surface area contributed by atoms with Crippen LogP contribution in [-0.4, -0.2) is 52.2 Å². The summed E-state index contributed by atoms with van der Waals surface area (Å²) in [6.07, 6.45) is 11.8. The van der Waals surface area contributed by atoms with E-state index >= 15 is 0 Å². The van der Waals surface area contributed by atoms with E-state index in [1.807, 2.05) is 6.92 Å². The third-order valence-electron chi connectivity index (χ3n) is 3.92. The lowest BCUT2D eigenvalue weighted by Crippen LogP contribution is -2.13. The Kier molecular flexibility index (Phi) is 20.8. The molecule has 0 saturated heterocycles. The summed E-state index contributed by atoms with van der Waals surface area (Å²) in [7, 11) is 0. The minimum absolute atomic E-state index is 0.112. The molecule has 0 heterocycles. The maximum Gasteiger partial charge on any atom is 0.305 e. The Morgan fingerprint density at radius 1 is 0.600 bits per heavy atom. The first-order chi connectivity index (χ1) is 12.3. The van der Waals surface area contributed by atoms with Crippen LogP contribution in [0.15, 0.2) is 0 Å². The highest BCUT2D eigenvalue weighted by Crippen LogP contribution is 2.10. The first kappa shape index (κ1) is 24.4. The Labute approximate surface area is 154 Å². The second-order valence-corrected chi connectivity index (χ2v) is 6.22. The van der Waals surface area contributed by atoms with Gasteiger partial charge < -0.3 is 18.9 Å². The molecule has 0 bridgehead atoms. The molecule has 5 nitrogen and oxygen atoms in total. The molecule has 0 radical (unpaired) electrons. The first-order valence-electron chi connectivity index (χ1n) is 10.2. The van der Waals surface area contributed by atoms with E-state index in [4.69, 9.17) is 18.9 Å². The lowest BCUT2D eigenvalue weighted by Gasteiger charge is -2.07. The van der Waals surface area contributed by atoms with Crippen molar-refractivity contribution in [1.82, 2.24) is 0 Å². The molecule has 0 unspecified atom stereocenters. The van der Waals surface area contributed by atoms with Crippen molar-refractivity contribution in [2.75, 3.05) is 46.2 Å². The molecule has 150 valence electrons. The Morgan fingerprint density at radius 3 is 1.64 bits per heavy atom. The number of hydrogen-bond donors (Lipinski definition) is 0. The van der Waals surface area contributed by atoms with Gasteiger partial charge in [-0.15, -0.1) is 0 Å². The van der Waals surface area contributed by atoms with Crippen molar-refractivity contribution in [3.63, 3.8) is 0 Å². The summed E-state index contributed by atoms with van der Waals surface area (Å²) in [5, 5.41) is 0. The van der Waals surface area contributed by atoms with Crippen molar-refractivity contribution < 1.29 is 23.7 Å². The fraction of sp³-hybridized carbons (Fsp3) is 0.950. The van der Waals surface area contributed by atoms with Gasteiger partial charge in [-0.3, -0.25) is 4.79 Å². The van der Waals surface area contributed by atoms with Crippen molar-refractivity contribution >= 4 is 5.97 Å². The minimum atomic E-state index is -0.112. The average molecular weight is 361 g/mol. The van der Waals surface area contributed by atoms with E-state index in [1.165, 1.54) is 44.9 Å². The van der Waals surface area contributed by atoms with Crippen LogP contribution >= 0.6 is 0 Å². The highest BCUT2D eigenvalue weighted by molar-refractivity contribution is 5.69. The van der Waals surface area contributed by atoms with Gasteiger partial charge in [-0.2, -0.15) is 0 Å². The van der Waals surface area contributed by atoms with E-state index in [0.29, 0.717) is 52.7 Å². The molecule has 25 heavy (non-hydrogen) atoms. The summed E-state index contributed by atoms with van der Waals surface area (Å²) >= 11 is 0. The zero-order valence-electron chi connectivity index (χ0n) is 16.6. The second-order valence-electron chi connectivity index (χ2n) is 6.22. The molecule has 0 saturated carbocycles. The number of esters is 1. The molecule has 0 aromatic heterocycles. The number of ether oxygens (including phenoxy) is 4. The van der Waals surface area contributed by atoms with Gasteiger partial charge in [-0.05, 0) is 13.3 Å². The minimum Gasteiger partial charge on any atom is -0.463 e. The highest BCUT2D eigenvalue weighted by atomic mass is 16.6. The molecule has 0 aromatic rings. The fourth-order valence-electron chi connectivity index (χ4n) is 2.45. The van der Waals surface area contributed by atoms with E-state index in [-0.39, 0.29) is 5.97 Å². The van der Waals surface area contributed by atoms with Crippen LogP contribution in [0.3, 0.4) is 0 Å². The van der Waals surface area contributed by atoms with Gasteiger partial charge in [0, 0.05) is 13.0 Å². The largest absolute Gasteiger partial charge is 0.463 e. The number of hydrogen-bond acceptors (Lipinski definition) is 5. The van der Waals surface area contributed by atoms with E-state index in [9.17, 15) is 4.79 Å². The normalized spacial score (nSPS) is 11.0. The summed E-state index contributed by atoms with van der Waals surface area (Å²) in [5.74, 6) is -0.112. The zero-order valence-corrected chi connectivity index (χ0v) is 16.6. The Balaban J connectivity index is 3.13. The van der Waals surface area contributed by atoms with E-state index < -0.39 is 0 Å². The summed E-state index contributed by atoms with van der Waals surface area (Å²) in [4.78, 5) is 11.6. The van der Waals surface area contributed by atoms with Crippen molar-refractivity contribution in [3.05, 3.63) is 0 Å². The third kappa shape index (κ3) is 21.3. The first-order valence-corrected chi connectivity index (χ1v) is 10.2. The number of carbonyl (C=O) groups excluding carboxylic acids is 1. The molecule has 0 rings (SSSR count). The molecule has 0 aliphatic rings. The lowest BCUT2D eigenvalue weighted by atomic mass is 10.1. The predicted molar refractivity (Wildman–Crippen MR) is 101 cm³/mol. The lowest BCUT2D eigenvalue weighted by molar-refractivity contribution is -0.145. The van der Waals surface area contributed by atoms with Crippen LogP contribution in [0.1, 0.15) is 78.1 Å². The Bertz CT molecular complexity index is 271. The van der Waals surface area contributed by atoms with Crippen LogP contribution in [0.25, 0.3) is 0 Å². The molecule has 0 aliphatic heterocycles. The van der Waals surface area contributed by atoms with E-state index in [2.05, 4.69) is 6.92 Å². The second kappa shape index (κ2) is 21.4. The van der Waals surface area contributed by atoms with Crippen LogP contribution in [0.4, 0.5) is 0 Å². The summed E-state index contributed by atoms with van der Waals surface area (Å²) in [5.41, 5.74) is 0. The van der Waals surface area contributed by atoms with Gasteiger partial charge in [-0.1, -0.05) is 58.3 Å². The molecular weight excluding hydrogens is 320 g/mol. The monoisotopic (exact) mass is 360 g/mol.